The van der Waals surface area contributed by atoms with Crippen LogP contribution in [0.25, 0.3) is 0 Å². The summed E-state index contributed by atoms with van der Waals surface area (Å²) < 4.78 is 5.39. The summed E-state index contributed by atoms with van der Waals surface area (Å²) in [5.74, 6) is 0.122. The number of nitrogens with zero attached hydrogens (tertiary/aromatic N) is 5. The first-order chi connectivity index (χ1) is 8.63. The molecule has 0 saturated carbocycles. The van der Waals surface area contributed by atoms with E-state index in [1.165, 1.54) is 18.1 Å². The minimum atomic E-state index is -0.0244. The van der Waals surface area contributed by atoms with E-state index in [2.05, 4.69) is 24.9 Å². The first kappa shape index (κ1) is 12.5. The number of anilines is 1. The van der Waals surface area contributed by atoms with Crippen molar-refractivity contribution in [3.63, 3.8) is 0 Å². The average molecular weight is 264 g/mol. The van der Waals surface area contributed by atoms with Gasteiger partial charge in [-0.3, -0.25) is 0 Å². The van der Waals surface area contributed by atoms with Crippen LogP contribution in [0, 0.1) is 0 Å². The molecule has 0 atom stereocenters. The molecule has 0 radical (unpaired) electrons. The van der Waals surface area contributed by atoms with E-state index >= 15 is 0 Å². The summed E-state index contributed by atoms with van der Waals surface area (Å²) in [7, 11) is 0. The van der Waals surface area contributed by atoms with Crippen LogP contribution >= 0.6 is 11.8 Å². The van der Waals surface area contributed by atoms with Crippen molar-refractivity contribution < 1.29 is 4.74 Å². The second-order valence-electron chi connectivity index (χ2n) is 3.58. The molecule has 2 aromatic rings. The molecule has 0 aliphatic rings. The fraction of sp³-hybridized carbons (Fsp3) is 0.300. The van der Waals surface area contributed by atoms with Crippen molar-refractivity contribution in [2.24, 2.45) is 0 Å². The molecule has 0 saturated heterocycles. The van der Waals surface area contributed by atoms with Gasteiger partial charge < -0.3 is 10.5 Å². The highest BCUT2D eigenvalue weighted by Gasteiger charge is 2.09. The molecule has 0 unspecified atom stereocenters. The Hall–Kier alpha value is -1.96. The third-order valence-corrected chi connectivity index (χ3v) is 2.52. The molecule has 2 N–H and O–H groups in total. The second kappa shape index (κ2) is 5.58. The van der Waals surface area contributed by atoms with Gasteiger partial charge in [0.2, 0.25) is 11.1 Å². The van der Waals surface area contributed by atoms with E-state index in [9.17, 15) is 0 Å². The van der Waals surface area contributed by atoms with E-state index in [1.807, 2.05) is 13.8 Å². The highest BCUT2D eigenvalue weighted by Crippen LogP contribution is 2.23. The van der Waals surface area contributed by atoms with E-state index in [-0.39, 0.29) is 18.1 Å². The van der Waals surface area contributed by atoms with Gasteiger partial charge >= 0.3 is 6.01 Å². The third-order valence-electron chi connectivity index (χ3n) is 1.70. The van der Waals surface area contributed by atoms with Gasteiger partial charge in [0.1, 0.15) is 11.4 Å². The van der Waals surface area contributed by atoms with Gasteiger partial charge in [-0.2, -0.15) is 15.0 Å². The molecular formula is C10H12N6OS. The van der Waals surface area contributed by atoms with Crippen LogP contribution in [-0.4, -0.2) is 31.0 Å². The van der Waals surface area contributed by atoms with Crippen LogP contribution in [0.4, 0.5) is 5.95 Å². The van der Waals surface area contributed by atoms with Crippen LogP contribution in [0.5, 0.6) is 6.01 Å². The Morgan fingerprint density at radius 3 is 2.78 bits per heavy atom. The highest BCUT2D eigenvalue weighted by molar-refractivity contribution is 7.99. The first-order valence-corrected chi connectivity index (χ1v) is 6.07. The lowest BCUT2D eigenvalue weighted by Gasteiger charge is -2.08. The number of hydrogen-bond acceptors (Lipinski definition) is 8. The Labute approximate surface area is 108 Å². The number of aromatic nitrogens is 5. The predicted octanol–water partition coefficient (Wildman–Crippen LogP) is 1.18. The van der Waals surface area contributed by atoms with Gasteiger partial charge in [-0.1, -0.05) is 0 Å². The molecule has 0 aromatic carbocycles. The molecule has 8 heteroatoms. The van der Waals surface area contributed by atoms with E-state index in [0.717, 1.165) is 5.03 Å². The third kappa shape index (κ3) is 3.52. The summed E-state index contributed by atoms with van der Waals surface area (Å²) in [6.07, 6.45) is 3.08. The maximum atomic E-state index is 5.60. The molecule has 2 rings (SSSR count). The minimum absolute atomic E-state index is 0.0244. The van der Waals surface area contributed by atoms with Crippen molar-refractivity contribution >= 4 is 17.7 Å². The lowest BCUT2D eigenvalue weighted by molar-refractivity contribution is 0.219. The Kier molecular flexibility index (Phi) is 3.88. The number of rotatable bonds is 4. The summed E-state index contributed by atoms with van der Waals surface area (Å²) in [5, 5.41) is 1.17. The molecule has 0 aliphatic carbocycles. The van der Waals surface area contributed by atoms with Crippen LogP contribution in [-0.2, 0) is 0 Å². The van der Waals surface area contributed by atoms with Gasteiger partial charge in [-0.05, 0) is 31.7 Å². The van der Waals surface area contributed by atoms with E-state index < -0.39 is 0 Å². The molecular weight excluding hydrogens is 252 g/mol. The molecule has 0 aliphatic heterocycles. The maximum Gasteiger partial charge on any atom is 0.322 e. The van der Waals surface area contributed by atoms with Crippen molar-refractivity contribution in [3.8, 4) is 6.01 Å². The Morgan fingerprint density at radius 2 is 2.11 bits per heavy atom. The molecule has 2 heterocycles. The zero-order valence-corrected chi connectivity index (χ0v) is 10.8. The lowest BCUT2D eigenvalue weighted by Crippen LogP contribution is -2.10. The van der Waals surface area contributed by atoms with Crippen molar-refractivity contribution in [3.05, 3.63) is 18.6 Å². The van der Waals surface area contributed by atoms with Crippen molar-refractivity contribution in [1.29, 1.82) is 0 Å². The quantitative estimate of drug-likeness (QED) is 0.822. The van der Waals surface area contributed by atoms with Crippen LogP contribution < -0.4 is 10.5 Å². The van der Waals surface area contributed by atoms with E-state index in [1.54, 1.807) is 12.3 Å². The fourth-order valence-electron chi connectivity index (χ4n) is 1.09. The zero-order chi connectivity index (χ0) is 13.0. The number of nitrogen functional groups attached to an aromatic ring is 1. The van der Waals surface area contributed by atoms with Gasteiger partial charge in [0.05, 0.1) is 6.10 Å². The van der Waals surface area contributed by atoms with Crippen molar-refractivity contribution in [2.75, 3.05) is 5.73 Å². The van der Waals surface area contributed by atoms with Crippen LogP contribution in [0.3, 0.4) is 0 Å². The number of nitrogens with two attached hydrogens (primary N) is 1. The van der Waals surface area contributed by atoms with Crippen LogP contribution in [0.2, 0.25) is 0 Å². The van der Waals surface area contributed by atoms with E-state index in [4.69, 9.17) is 10.5 Å². The Bertz CT molecular complexity index is 521. The van der Waals surface area contributed by atoms with Gasteiger partial charge in [0.15, 0.2) is 0 Å². The lowest BCUT2D eigenvalue weighted by atomic mass is 10.5. The molecule has 2 aromatic heterocycles. The van der Waals surface area contributed by atoms with Gasteiger partial charge in [0, 0.05) is 6.20 Å². The van der Waals surface area contributed by atoms with Crippen molar-refractivity contribution in [2.45, 2.75) is 30.1 Å². The molecule has 0 spiro atoms. The molecule has 0 bridgehead atoms. The monoisotopic (exact) mass is 264 g/mol. The minimum Gasteiger partial charge on any atom is -0.461 e. The van der Waals surface area contributed by atoms with Crippen LogP contribution in [0.15, 0.2) is 28.8 Å². The summed E-state index contributed by atoms with van der Waals surface area (Å²) in [5.41, 5.74) is 5.60. The summed E-state index contributed by atoms with van der Waals surface area (Å²) in [4.78, 5) is 20.0. The Morgan fingerprint density at radius 1 is 1.28 bits per heavy atom. The standard InChI is InChI=1S/C10H12N6OS/c1-6(2)17-9-14-8(11)15-10(16-9)18-7-3-4-12-5-13-7/h3-6H,1-2H3,(H2,11,14,15,16). The Balaban J connectivity index is 2.20. The first-order valence-electron chi connectivity index (χ1n) is 5.25. The molecule has 18 heavy (non-hydrogen) atoms. The predicted molar refractivity (Wildman–Crippen MR) is 66.2 cm³/mol. The van der Waals surface area contributed by atoms with Gasteiger partial charge in [-0.25, -0.2) is 9.97 Å². The number of hydrogen-bond donors (Lipinski definition) is 1. The second-order valence-corrected chi connectivity index (χ2v) is 4.56. The maximum absolute atomic E-state index is 5.60. The van der Waals surface area contributed by atoms with Gasteiger partial charge in [0.25, 0.3) is 0 Å². The van der Waals surface area contributed by atoms with E-state index in [0.29, 0.717) is 5.16 Å². The molecule has 7 nitrogen and oxygen atoms in total. The largest absolute Gasteiger partial charge is 0.461 e. The smallest absolute Gasteiger partial charge is 0.322 e. The zero-order valence-electron chi connectivity index (χ0n) is 9.94. The molecule has 0 fully saturated rings. The SMILES string of the molecule is CC(C)Oc1nc(N)nc(Sc2ccncn2)n1. The normalized spacial score (nSPS) is 10.6. The van der Waals surface area contributed by atoms with Crippen molar-refractivity contribution in [1.82, 2.24) is 24.9 Å². The molecule has 0 amide bonds. The summed E-state index contributed by atoms with van der Waals surface area (Å²) in [6.45, 7) is 3.77. The number of ether oxygens (including phenoxy) is 1. The highest BCUT2D eigenvalue weighted by atomic mass is 32.2. The van der Waals surface area contributed by atoms with Crippen LogP contribution in [0.1, 0.15) is 13.8 Å². The summed E-state index contributed by atoms with van der Waals surface area (Å²) >= 11 is 1.27. The topological polar surface area (TPSA) is 99.7 Å². The average Bonchev–Trinajstić information content (AvgIpc) is 2.28. The van der Waals surface area contributed by atoms with Gasteiger partial charge in [-0.15, -0.1) is 0 Å². The summed E-state index contributed by atoms with van der Waals surface area (Å²) in [6, 6.07) is 1.97. The fourth-order valence-corrected chi connectivity index (χ4v) is 1.77. The molecule has 94 valence electrons.